The fourth-order valence-corrected chi connectivity index (χ4v) is 6.24. The van der Waals surface area contributed by atoms with E-state index in [0.29, 0.717) is 31.4 Å². The molecule has 5 rings (SSSR count). The highest BCUT2D eigenvalue weighted by atomic mass is 19.2. The molecule has 0 bridgehead atoms. The number of amides is 4. The van der Waals surface area contributed by atoms with Gasteiger partial charge in [-0.3, -0.25) is 24.0 Å². The predicted molar refractivity (Wildman–Crippen MR) is 164 cm³/mol. The lowest BCUT2D eigenvalue weighted by Gasteiger charge is -2.29. The minimum atomic E-state index is -1.37. The molecule has 2 aliphatic rings. The van der Waals surface area contributed by atoms with Crippen LogP contribution in [0.1, 0.15) is 73.9 Å². The van der Waals surface area contributed by atoms with Crippen molar-refractivity contribution in [3.8, 4) is 0 Å². The third kappa shape index (κ3) is 8.35. The van der Waals surface area contributed by atoms with E-state index in [0.717, 1.165) is 49.6 Å². The van der Waals surface area contributed by atoms with E-state index in [-0.39, 0.29) is 36.1 Å². The Morgan fingerprint density at radius 1 is 0.870 bits per heavy atom. The Balaban J connectivity index is 1.33. The van der Waals surface area contributed by atoms with Crippen molar-refractivity contribution in [2.45, 2.75) is 76.4 Å². The van der Waals surface area contributed by atoms with Crippen LogP contribution in [0.25, 0.3) is 11.0 Å². The van der Waals surface area contributed by atoms with Gasteiger partial charge in [-0.15, -0.1) is 0 Å². The molecule has 0 radical (unpaired) electrons. The van der Waals surface area contributed by atoms with Crippen LogP contribution in [0, 0.1) is 23.5 Å². The van der Waals surface area contributed by atoms with Crippen LogP contribution in [0.2, 0.25) is 0 Å². The maximum Gasteiger partial charge on any atom is 0.289 e. The van der Waals surface area contributed by atoms with E-state index in [1.165, 1.54) is 6.07 Å². The molecule has 244 valence electrons. The third-order valence-electron chi connectivity index (χ3n) is 8.78. The van der Waals surface area contributed by atoms with Gasteiger partial charge >= 0.3 is 0 Å². The SMILES string of the molecule is O=C(NCc1ccc(F)c(F)c1)C(=O)C(C[C@@H]1CCCNC1=O)NC(=O)[C@H](CC1CCCCC1)NC(=O)c1cc2ccccc2o1. The number of nitrogens with one attached hydrogen (secondary N) is 4. The van der Waals surface area contributed by atoms with Crippen LogP contribution in [-0.2, 0) is 25.7 Å². The zero-order chi connectivity index (χ0) is 32.6. The van der Waals surface area contributed by atoms with Gasteiger partial charge < -0.3 is 25.7 Å². The summed E-state index contributed by atoms with van der Waals surface area (Å²) < 4.78 is 32.7. The van der Waals surface area contributed by atoms with Gasteiger partial charge in [-0.1, -0.05) is 56.4 Å². The van der Waals surface area contributed by atoms with Gasteiger partial charge in [0.05, 0.1) is 6.04 Å². The van der Waals surface area contributed by atoms with Crippen molar-refractivity contribution in [3.05, 3.63) is 71.5 Å². The van der Waals surface area contributed by atoms with Crippen molar-refractivity contribution in [3.63, 3.8) is 0 Å². The Labute approximate surface area is 265 Å². The molecule has 1 aliphatic carbocycles. The summed E-state index contributed by atoms with van der Waals surface area (Å²) in [5.41, 5.74) is 0.750. The average molecular weight is 637 g/mol. The summed E-state index contributed by atoms with van der Waals surface area (Å²) in [7, 11) is 0. The van der Waals surface area contributed by atoms with E-state index in [4.69, 9.17) is 4.42 Å². The van der Waals surface area contributed by atoms with Gasteiger partial charge in [0.1, 0.15) is 11.6 Å². The summed E-state index contributed by atoms with van der Waals surface area (Å²) in [6, 6.07) is 9.40. The lowest BCUT2D eigenvalue weighted by molar-refractivity contribution is -0.141. The van der Waals surface area contributed by atoms with Crippen molar-refractivity contribution in [1.82, 2.24) is 21.3 Å². The number of fused-ring (bicyclic) bond motifs is 1. The van der Waals surface area contributed by atoms with E-state index in [1.807, 2.05) is 6.07 Å². The molecule has 3 atom stereocenters. The van der Waals surface area contributed by atoms with Crippen molar-refractivity contribution < 1.29 is 37.2 Å². The van der Waals surface area contributed by atoms with Crippen molar-refractivity contribution in [1.29, 1.82) is 0 Å². The molecular formula is C34H38F2N4O6. The number of carbonyl (C=O) groups is 5. The van der Waals surface area contributed by atoms with Gasteiger partial charge in [0.15, 0.2) is 17.4 Å². The minimum absolute atomic E-state index is 0.0331. The Morgan fingerprint density at radius 2 is 1.65 bits per heavy atom. The molecule has 2 aromatic carbocycles. The Kier molecular flexibility index (Phi) is 10.8. The number of Topliss-reactive ketones (excluding diaryl/α,β-unsaturated/α-hetero) is 1. The van der Waals surface area contributed by atoms with Gasteiger partial charge in [-0.2, -0.15) is 0 Å². The zero-order valence-electron chi connectivity index (χ0n) is 25.4. The molecule has 46 heavy (non-hydrogen) atoms. The van der Waals surface area contributed by atoms with Crippen LogP contribution in [0.5, 0.6) is 0 Å². The molecule has 4 N–H and O–H groups in total. The summed E-state index contributed by atoms with van der Waals surface area (Å²) in [4.78, 5) is 66.2. The Hall–Kier alpha value is -4.61. The molecule has 10 nitrogen and oxygen atoms in total. The number of ketones is 1. The molecule has 1 unspecified atom stereocenters. The number of carbonyl (C=O) groups excluding carboxylic acids is 5. The second-order valence-electron chi connectivity index (χ2n) is 12.1. The lowest BCUT2D eigenvalue weighted by atomic mass is 9.84. The van der Waals surface area contributed by atoms with Crippen molar-refractivity contribution in [2.24, 2.45) is 11.8 Å². The topological polar surface area (TPSA) is 147 Å². The molecule has 0 spiro atoms. The lowest BCUT2D eigenvalue weighted by Crippen LogP contribution is -2.55. The molecule has 2 heterocycles. The first kappa shape index (κ1) is 32.8. The fraction of sp³-hybridized carbons (Fsp3) is 0.441. The molecular weight excluding hydrogens is 598 g/mol. The standard InChI is InChI=1S/C34H38F2N4O6/c35-24-13-12-21(15-25(24)36)19-38-34(45)30(41)26(17-23-10-6-14-37-31(23)42)39-32(43)27(16-20-7-2-1-3-8-20)40-33(44)29-18-22-9-4-5-11-28(22)46-29/h4-5,9,11-13,15,18,20,23,26-27H,1-3,6-8,10,14,16-17,19H2,(H,37,42)(H,38,45)(H,39,43)(H,40,44)/t23-,26?,27-/m0/s1. The largest absolute Gasteiger partial charge is 0.451 e. The van der Waals surface area contributed by atoms with Gasteiger partial charge in [-0.25, -0.2) is 8.78 Å². The smallest absolute Gasteiger partial charge is 0.289 e. The first-order chi connectivity index (χ1) is 22.2. The van der Waals surface area contributed by atoms with Gasteiger partial charge in [0.2, 0.25) is 17.6 Å². The molecule has 1 saturated heterocycles. The quantitative estimate of drug-likeness (QED) is 0.221. The molecule has 1 aliphatic heterocycles. The number of furan rings is 1. The van der Waals surface area contributed by atoms with E-state index < -0.39 is 53.1 Å². The highest BCUT2D eigenvalue weighted by Crippen LogP contribution is 2.28. The Bertz CT molecular complexity index is 1570. The summed E-state index contributed by atoms with van der Waals surface area (Å²) in [5.74, 6) is -6.14. The summed E-state index contributed by atoms with van der Waals surface area (Å²) in [5, 5.41) is 11.3. The molecule has 12 heteroatoms. The average Bonchev–Trinajstić information content (AvgIpc) is 3.50. The second kappa shape index (κ2) is 15.1. The Morgan fingerprint density at radius 3 is 2.39 bits per heavy atom. The number of benzene rings is 2. The highest BCUT2D eigenvalue weighted by Gasteiger charge is 2.36. The van der Waals surface area contributed by atoms with E-state index in [1.54, 1.807) is 24.3 Å². The zero-order valence-corrected chi connectivity index (χ0v) is 25.4. The van der Waals surface area contributed by atoms with Crippen LogP contribution in [0.15, 0.2) is 52.9 Å². The monoisotopic (exact) mass is 636 g/mol. The van der Waals surface area contributed by atoms with E-state index in [2.05, 4.69) is 21.3 Å². The summed E-state index contributed by atoms with van der Waals surface area (Å²) in [6.07, 6.45) is 6.23. The summed E-state index contributed by atoms with van der Waals surface area (Å²) in [6.45, 7) is 0.233. The number of para-hydroxylation sites is 1. The number of halogens is 2. The van der Waals surface area contributed by atoms with Crippen LogP contribution in [0.4, 0.5) is 8.78 Å². The van der Waals surface area contributed by atoms with Crippen LogP contribution >= 0.6 is 0 Å². The predicted octanol–water partition coefficient (Wildman–Crippen LogP) is 4.07. The first-order valence-corrected chi connectivity index (χ1v) is 15.8. The second-order valence-corrected chi connectivity index (χ2v) is 12.1. The molecule has 3 aromatic rings. The van der Waals surface area contributed by atoms with Crippen LogP contribution in [0.3, 0.4) is 0 Å². The van der Waals surface area contributed by atoms with Gasteiger partial charge in [-0.05, 0) is 61.4 Å². The maximum atomic E-state index is 13.8. The minimum Gasteiger partial charge on any atom is -0.451 e. The maximum absolute atomic E-state index is 13.8. The van der Waals surface area contributed by atoms with Crippen molar-refractivity contribution in [2.75, 3.05) is 6.54 Å². The third-order valence-corrected chi connectivity index (χ3v) is 8.78. The number of rotatable bonds is 12. The highest BCUT2D eigenvalue weighted by molar-refractivity contribution is 6.38. The molecule has 2 fully saturated rings. The first-order valence-electron chi connectivity index (χ1n) is 15.8. The van der Waals surface area contributed by atoms with Gasteiger partial charge in [0, 0.05) is 24.4 Å². The van der Waals surface area contributed by atoms with E-state index in [9.17, 15) is 32.8 Å². The number of piperidine rings is 1. The molecule has 1 aromatic heterocycles. The molecule has 4 amide bonds. The van der Waals surface area contributed by atoms with E-state index >= 15 is 0 Å². The number of hydrogen-bond donors (Lipinski definition) is 4. The normalized spacial score (nSPS) is 18.3. The summed E-state index contributed by atoms with van der Waals surface area (Å²) >= 11 is 0. The number of hydrogen-bond acceptors (Lipinski definition) is 6. The van der Waals surface area contributed by atoms with Crippen LogP contribution in [-0.4, -0.2) is 48.0 Å². The van der Waals surface area contributed by atoms with Crippen LogP contribution < -0.4 is 21.3 Å². The molecule has 1 saturated carbocycles. The fourth-order valence-electron chi connectivity index (χ4n) is 6.24. The van der Waals surface area contributed by atoms with Crippen molar-refractivity contribution >= 4 is 40.4 Å². The van der Waals surface area contributed by atoms with Gasteiger partial charge in [0.25, 0.3) is 11.8 Å².